The number of pyridine rings is 1. The lowest BCUT2D eigenvalue weighted by molar-refractivity contribution is -0.113. The fourth-order valence-electron chi connectivity index (χ4n) is 2.31. The Balaban J connectivity index is 0.000000166. The number of allylic oxidation sites excluding steroid dienone is 4. The van der Waals surface area contributed by atoms with E-state index in [0.717, 1.165) is 21.8 Å². The van der Waals surface area contributed by atoms with Crippen LogP contribution >= 0.6 is 0 Å². The monoisotopic (exact) mass is 303 g/mol. The molecule has 2 aromatic carbocycles. The van der Waals surface area contributed by atoms with Gasteiger partial charge in [-0.25, -0.2) is 0 Å². The van der Waals surface area contributed by atoms with Crippen molar-refractivity contribution in [2.24, 2.45) is 0 Å². The summed E-state index contributed by atoms with van der Waals surface area (Å²) in [4.78, 5) is 35.9. The van der Waals surface area contributed by atoms with Crippen molar-refractivity contribution < 1.29 is 9.59 Å². The first-order chi connectivity index (χ1) is 11.1. The Morgan fingerprint density at radius 3 is 1.39 bits per heavy atom. The summed E-state index contributed by atoms with van der Waals surface area (Å²) < 4.78 is 0. The molecule has 1 aliphatic carbocycles. The standard InChI is InChI=1S/C13H9NO.C6H4O2/c15-13-9-5-1-3-7-11(9)14-12-8-4-2-6-10(12)13;7-5-1-2-6(8)4-3-5/h1-8H,(H,14,15);1-4H. The van der Waals surface area contributed by atoms with Crippen LogP contribution in [0, 0.1) is 0 Å². The van der Waals surface area contributed by atoms with E-state index >= 15 is 0 Å². The maximum absolute atomic E-state index is 12.1. The van der Waals surface area contributed by atoms with E-state index in [9.17, 15) is 14.4 Å². The van der Waals surface area contributed by atoms with Crippen LogP contribution < -0.4 is 5.43 Å². The van der Waals surface area contributed by atoms with Crippen molar-refractivity contribution in [3.05, 3.63) is 83.1 Å². The zero-order valence-corrected chi connectivity index (χ0v) is 12.2. The van der Waals surface area contributed by atoms with Gasteiger partial charge in [0, 0.05) is 21.8 Å². The van der Waals surface area contributed by atoms with Crippen molar-refractivity contribution in [2.75, 3.05) is 0 Å². The van der Waals surface area contributed by atoms with Crippen molar-refractivity contribution in [2.45, 2.75) is 0 Å². The molecular weight excluding hydrogens is 290 g/mol. The quantitative estimate of drug-likeness (QED) is 0.513. The lowest BCUT2D eigenvalue weighted by Crippen LogP contribution is -2.03. The molecule has 4 heteroatoms. The van der Waals surface area contributed by atoms with Crippen LogP contribution in [0.15, 0.2) is 77.6 Å². The topological polar surface area (TPSA) is 67.0 Å². The first-order valence-corrected chi connectivity index (χ1v) is 7.09. The largest absolute Gasteiger partial charge is 0.354 e. The number of para-hydroxylation sites is 2. The second-order valence-electron chi connectivity index (χ2n) is 5.02. The Labute approximate surface area is 131 Å². The van der Waals surface area contributed by atoms with Gasteiger partial charge in [0.2, 0.25) is 0 Å². The number of carbonyl (C=O) groups excluding carboxylic acids is 2. The van der Waals surface area contributed by atoms with Crippen LogP contribution in [0.2, 0.25) is 0 Å². The average molecular weight is 303 g/mol. The Hall–Kier alpha value is -3.27. The highest BCUT2D eigenvalue weighted by atomic mass is 16.1. The number of H-pyrrole nitrogens is 1. The summed E-state index contributed by atoms with van der Waals surface area (Å²) in [6.45, 7) is 0. The molecule has 3 aromatic rings. The third kappa shape index (κ3) is 3.16. The fraction of sp³-hybridized carbons (Fsp3) is 0. The number of carbonyl (C=O) groups is 2. The number of hydrogen-bond donors (Lipinski definition) is 1. The third-order valence-corrected chi connectivity index (χ3v) is 3.44. The molecule has 1 N–H and O–H groups in total. The van der Waals surface area contributed by atoms with E-state index in [1.54, 1.807) is 0 Å². The zero-order valence-electron chi connectivity index (χ0n) is 12.2. The van der Waals surface area contributed by atoms with E-state index in [-0.39, 0.29) is 17.0 Å². The molecule has 1 aliphatic rings. The van der Waals surface area contributed by atoms with Crippen LogP contribution in [-0.4, -0.2) is 16.6 Å². The summed E-state index contributed by atoms with van der Waals surface area (Å²) in [5.74, 6) is -0.241. The van der Waals surface area contributed by atoms with Gasteiger partial charge in [0.05, 0.1) is 0 Å². The third-order valence-electron chi connectivity index (χ3n) is 3.44. The predicted molar refractivity (Wildman–Crippen MR) is 90.4 cm³/mol. The molecule has 4 nitrogen and oxygen atoms in total. The molecular formula is C19H13NO3. The van der Waals surface area contributed by atoms with Crippen molar-refractivity contribution in [1.82, 2.24) is 4.98 Å². The van der Waals surface area contributed by atoms with Gasteiger partial charge >= 0.3 is 0 Å². The van der Waals surface area contributed by atoms with Gasteiger partial charge in [-0.1, -0.05) is 24.3 Å². The maximum Gasteiger partial charge on any atom is 0.197 e. The van der Waals surface area contributed by atoms with Crippen molar-refractivity contribution in [3.63, 3.8) is 0 Å². The first-order valence-electron chi connectivity index (χ1n) is 7.09. The smallest absolute Gasteiger partial charge is 0.197 e. The highest BCUT2D eigenvalue weighted by Gasteiger charge is 2.02. The van der Waals surface area contributed by atoms with Gasteiger partial charge in [-0.2, -0.15) is 0 Å². The van der Waals surface area contributed by atoms with Gasteiger partial charge in [0.1, 0.15) is 0 Å². The second kappa shape index (κ2) is 6.23. The number of fused-ring (bicyclic) bond motifs is 2. The van der Waals surface area contributed by atoms with E-state index in [2.05, 4.69) is 4.98 Å². The van der Waals surface area contributed by atoms with Crippen molar-refractivity contribution in [1.29, 1.82) is 0 Å². The first kappa shape index (κ1) is 14.7. The number of hydrogen-bond acceptors (Lipinski definition) is 3. The highest BCUT2D eigenvalue weighted by Crippen LogP contribution is 2.13. The Bertz CT molecular complexity index is 930. The Morgan fingerprint density at radius 1 is 0.565 bits per heavy atom. The number of ketones is 2. The van der Waals surface area contributed by atoms with E-state index in [1.807, 2.05) is 48.5 Å². The summed E-state index contributed by atoms with van der Waals surface area (Å²) in [6, 6.07) is 15.1. The van der Waals surface area contributed by atoms with E-state index in [4.69, 9.17) is 0 Å². The molecule has 23 heavy (non-hydrogen) atoms. The van der Waals surface area contributed by atoms with Gasteiger partial charge in [0.15, 0.2) is 17.0 Å². The molecule has 0 saturated heterocycles. The fourth-order valence-corrected chi connectivity index (χ4v) is 2.31. The van der Waals surface area contributed by atoms with Crippen LogP contribution in [0.4, 0.5) is 0 Å². The minimum Gasteiger partial charge on any atom is -0.354 e. The van der Waals surface area contributed by atoms with E-state index in [1.165, 1.54) is 24.3 Å². The minimum absolute atomic E-state index is 0.0972. The van der Waals surface area contributed by atoms with Crippen LogP contribution in [0.3, 0.4) is 0 Å². The number of aromatic amines is 1. The summed E-state index contributed by atoms with van der Waals surface area (Å²) in [5.41, 5.74) is 1.88. The molecule has 0 unspecified atom stereocenters. The molecule has 0 atom stereocenters. The molecule has 112 valence electrons. The molecule has 0 bridgehead atoms. The summed E-state index contributed by atoms with van der Waals surface area (Å²) in [5, 5.41) is 1.49. The number of aromatic nitrogens is 1. The number of benzene rings is 2. The summed E-state index contributed by atoms with van der Waals surface area (Å²) >= 11 is 0. The van der Waals surface area contributed by atoms with Crippen LogP contribution in [0.1, 0.15) is 0 Å². The van der Waals surface area contributed by atoms with E-state index < -0.39 is 0 Å². The molecule has 0 fully saturated rings. The van der Waals surface area contributed by atoms with Gasteiger partial charge in [-0.05, 0) is 48.6 Å². The van der Waals surface area contributed by atoms with Crippen molar-refractivity contribution in [3.8, 4) is 0 Å². The second-order valence-corrected chi connectivity index (χ2v) is 5.02. The number of rotatable bonds is 0. The van der Waals surface area contributed by atoms with Gasteiger partial charge in [-0.3, -0.25) is 14.4 Å². The molecule has 4 rings (SSSR count). The van der Waals surface area contributed by atoms with Gasteiger partial charge in [-0.15, -0.1) is 0 Å². The van der Waals surface area contributed by atoms with Crippen LogP contribution in [-0.2, 0) is 9.59 Å². The summed E-state index contributed by atoms with van der Waals surface area (Å²) in [7, 11) is 0. The SMILES string of the molecule is O=C1C=CC(=O)C=C1.O=c1c2ccccc2[nH]c2ccccc12. The average Bonchev–Trinajstić information content (AvgIpc) is 2.58. The molecule has 1 heterocycles. The molecule has 0 amide bonds. The molecule has 0 radical (unpaired) electrons. The maximum atomic E-state index is 12.1. The van der Waals surface area contributed by atoms with E-state index in [0.29, 0.717) is 0 Å². The zero-order chi connectivity index (χ0) is 16.2. The summed E-state index contributed by atoms with van der Waals surface area (Å²) in [6.07, 6.45) is 5.01. The normalized spacial score (nSPS) is 13.2. The van der Waals surface area contributed by atoms with Gasteiger partial charge < -0.3 is 4.98 Å². The molecule has 0 saturated carbocycles. The van der Waals surface area contributed by atoms with Crippen LogP contribution in [0.5, 0.6) is 0 Å². The Kier molecular flexibility index (Phi) is 3.97. The highest BCUT2D eigenvalue weighted by molar-refractivity contribution is 6.14. The molecule has 1 aromatic heterocycles. The predicted octanol–water partition coefficient (Wildman–Crippen LogP) is 2.93. The molecule has 0 spiro atoms. The lowest BCUT2D eigenvalue weighted by Gasteiger charge is -2.01. The van der Waals surface area contributed by atoms with Crippen molar-refractivity contribution >= 4 is 33.4 Å². The van der Waals surface area contributed by atoms with Crippen LogP contribution in [0.25, 0.3) is 21.8 Å². The molecule has 0 aliphatic heterocycles. The lowest BCUT2D eigenvalue weighted by atomic mass is 10.1. The Morgan fingerprint density at radius 2 is 0.957 bits per heavy atom. The number of nitrogens with one attached hydrogen (secondary N) is 1. The van der Waals surface area contributed by atoms with Gasteiger partial charge in [0.25, 0.3) is 0 Å². The minimum atomic E-state index is -0.121.